The van der Waals surface area contributed by atoms with Crippen molar-refractivity contribution in [1.82, 2.24) is 0 Å². The summed E-state index contributed by atoms with van der Waals surface area (Å²) in [4.78, 5) is 0. The van der Waals surface area contributed by atoms with Crippen molar-refractivity contribution in [2.75, 3.05) is 0 Å². The van der Waals surface area contributed by atoms with Crippen molar-refractivity contribution in [2.24, 2.45) is 0 Å². The Morgan fingerprint density at radius 3 is 1.80 bits per heavy atom. The van der Waals surface area contributed by atoms with Gasteiger partial charge in [-0.25, -0.2) is 0 Å². The molecule has 0 saturated heterocycles. The molecular weight excluding hydrogens is 673 g/mol. The molecule has 2 aliphatic heterocycles. The van der Waals surface area contributed by atoms with Crippen molar-refractivity contribution < 1.29 is 29.9 Å². The molecule has 1 atom stereocenters. The summed E-state index contributed by atoms with van der Waals surface area (Å²) in [6.45, 7) is 16.6. The minimum atomic E-state index is -0.621. The zero-order valence-electron chi connectivity index (χ0n) is 33.1. The number of rotatable bonds is 11. The number of aromatic hydroxyl groups is 4. The van der Waals surface area contributed by atoms with E-state index in [9.17, 15) is 20.4 Å². The molecule has 4 N–H and O–H groups in total. The molecule has 0 amide bonds. The van der Waals surface area contributed by atoms with E-state index in [1.165, 1.54) is 11.1 Å². The lowest BCUT2D eigenvalue weighted by Gasteiger charge is -2.41. The Labute approximate surface area is 321 Å². The summed E-state index contributed by atoms with van der Waals surface area (Å²) >= 11 is 0. The van der Waals surface area contributed by atoms with E-state index in [-0.39, 0.29) is 28.9 Å². The van der Waals surface area contributed by atoms with Crippen LogP contribution in [0.5, 0.6) is 34.5 Å². The first-order chi connectivity index (χ1) is 25.5. The highest BCUT2D eigenvalue weighted by Gasteiger charge is 2.42. The van der Waals surface area contributed by atoms with Crippen LogP contribution < -0.4 is 9.47 Å². The molecule has 2 aliphatic rings. The van der Waals surface area contributed by atoms with Crippen molar-refractivity contribution >= 4 is 6.08 Å². The number of hydrogen-bond donors (Lipinski definition) is 4. The van der Waals surface area contributed by atoms with E-state index in [1.54, 1.807) is 24.3 Å². The lowest BCUT2D eigenvalue weighted by molar-refractivity contribution is 0.0745. The maximum Gasteiger partial charge on any atom is 0.135 e. The van der Waals surface area contributed by atoms with Gasteiger partial charge in [-0.2, -0.15) is 0 Å². The molecule has 2 heterocycles. The fourth-order valence-electron chi connectivity index (χ4n) is 7.89. The van der Waals surface area contributed by atoms with Gasteiger partial charge < -0.3 is 29.9 Å². The standard InChI is InChI=1S/C48H56O6/c1-29(2)9-22-36-33(17-11-31-12-18-34(49)19-13-31)27-41(51)43-40(28-48(7,8)54-46(36)43)42-37(24-16-32-14-20-35(50)21-15-32)38(23-10-30(3)4)45-39(44(42)52)25-26-47(5,6)53-45/h9-10,12-15,18-21,25-27,40,49-52H,11,16-17,22-24,28H2,1-8H3/t40-/m1/s1. The predicted molar refractivity (Wildman–Crippen MR) is 218 cm³/mol. The van der Waals surface area contributed by atoms with E-state index < -0.39 is 11.2 Å². The molecule has 0 saturated carbocycles. The summed E-state index contributed by atoms with van der Waals surface area (Å²) in [6, 6.07) is 16.5. The molecule has 4 aromatic rings. The Balaban J connectivity index is 1.59. The Morgan fingerprint density at radius 2 is 1.22 bits per heavy atom. The number of allylic oxidation sites excluding steroid dienone is 4. The minimum Gasteiger partial charge on any atom is -0.508 e. The Bertz CT molecular complexity index is 2100. The number of ether oxygens (including phenoxy) is 2. The summed E-state index contributed by atoms with van der Waals surface area (Å²) < 4.78 is 13.6. The van der Waals surface area contributed by atoms with Crippen molar-refractivity contribution in [3.05, 3.63) is 134 Å². The van der Waals surface area contributed by atoms with Crippen molar-refractivity contribution in [3.8, 4) is 34.5 Å². The van der Waals surface area contributed by atoms with Gasteiger partial charge in [0, 0.05) is 28.2 Å². The van der Waals surface area contributed by atoms with Crippen LogP contribution in [0.2, 0.25) is 0 Å². The number of benzene rings is 4. The second-order valence-electron chi connectivity index (χ2n) is 16.7. The van der Waals surface area contributed by atoms with E-state index >= 15 is 0 Å². The first-order valence-corrected chi connectivity index (χ1v) is 19.2. The third-order valence-corrected chi connectivity index (χ3v) is 10.6. The van der Waals surface area contributed by atoms with Gasteiger partial charge in [-0.15, -0.1) is 0 Å². The van der Waals surface area contributed by atoms with Crippen molar-refractivity contribution in [1.29, 1.82) is 0 Å². The molecule has 284 valence electrons. The van der Waals surface area contributed by atoms with Crippen LogP contribution in [0.15, 0.2) is 84.0 Å². The molecule has 0 bridgehead atoms. The van der Waals surface area contributed by atoms with Gasteiger partial charge in [0.15, 0.2) is 0 Å². The van der Waals surface area contributed by atoms with E-state index in [4.69, 9.17) is 9.47 Å². The second kappa shape index (κ2) is 15.3. The van der Waals surface area contributed by atoms with E-state index in [1.807, 2.05) is 56.3 Å². The molecule has 0 aliphatic carbocycles. The fraction of sp³-hybridized carbons (Fsp3) is 0.375. The molecule has 0 aromatic heterocycles. The van der Waals surface area contributed by atoms with Gasteiger partial charge in [-0.05, 0) is 165 Å². The fourth-order valence-corrected chi connectivity index (χ4v) is 7.89. The van der Waals surface area contributed by atoms with E-state index in [0.29, 0.717) is 61.2 Å². The zero-order chi connectivity index (χ0) is 38.9. The molecular formula is C48H56O6. The van der Waals surface area contributed by atoms with Gasteiger partial charge in [0.25, 0.3) is 0 Å². The summed E-state index contributed by atoms with van der Waals surface area (Å²) in [6.07, 6.45) is 12.9. The van der Waals surface area contributed by atoms with Crippen LogP contribution in [0.25, 0.3) is 6.08 Å². The van der Waals surface area contributed by atoms with Crippen LogP contribution in [0.4, 0.5) is 0 Å². The average molecular weight is 729 g/mol. The number of phenols is 4. The van der Waals surface area contributed by atoms with E-state index in [2.05, 4.69) is 53.7 Å². The number of fused-ring (bicyclic) bond motifs is 2. The summed E-state index contributed by atoms with van der Waals surface area (Å²) in [5, 5.41) is 44.6. The van der Waals surface area contributed by atoms with Crippen LogP contribution in [0.3, 0.4) is 0 Å². The third-order valence-electron chi connectivity index (χ3n) is 10.6. The topological polar surface area (TPSA) is 99.4 Å². The van der Waals surface area contributed by atoms with Crippen LogP contribution in [-0.2, 0) is 38.5 Å². The van der Waals surface area contributed by atoms with Gasteiger partial charge in [-0.1, -0.05) is 47.6 Å². The molecule has 6 heteroatoms. The monoisotopic (exact) mass is 728 g/mol. The predicted octanol–water partition coefficient (Wildman–Crippen LogP) is 11.0. The van der Waals surface area contributed by atoms with Gasteiger partial charge in [0.1, 0.15) is 45.7 Å². The quantitative estimate of drug-likeness (QED) is 0.115. The normalized spacial score (nSPS) is 16.4. The van der Waals surface area contributed by atoms with Crippen LogP contribution >= 0.6 is 0 Å². The Morgan fingerprint density at radius 1 is 0.667 bits per heavy atom. The number of aryl methyl sites for hydroxylation is 3. The highest BCUT2D eigenvalue weighted by Crippen LogP contribution is 2.56. The van der Waals surface area contributed by atoms with Crippen molar-refractivity contribution in [2.45, 2.75) is 117 Å². The van der Waals surface area contributed by atoms with Gasteiger partial charge >= 0.3 is 0 Å². The Hall–Kier alpha value is -5.10. The average Bonchev–Trinajstić information content (AvgIpc) is 3.09. The lowest BCUT2D eigenvalue weighted by atomic mass is 9.73. The highest BCUT2D eigenvalue weighted by atomic mass is 16.5. The summed E-state index contributed by atoms with van der Waals surface area (Å²) in [7, 11) is 0. The highest BCUT2D eigenvalue weighted by molar-refractivity contribution is 5.75. The molecule has 6 rings (SSSR count). The molecule has 4 aromatic carbocycles. The van der Waals surface area contributed by atoms with Crippen LogP contribution in [0.1, 0.15) is 118 Å². The van der Waals surface area contributed by atoms with Crippen LogP contribution in [-0.4, -0.2) is 31.6 Å². The first kappa shape index (κ1) is 38.6. The third kappa shape index (κ3) is 8.49. The minimum absolute atomic E-state index is 0.160. The molecule has 0 spiro atoms. The lowest BCUT2D eigenvalue weighted by Crippen LogP contribution is -2.36. The molecule has 54 heavy (non-hydrogen) atoms. The van der Waals surface area contributed by atoms with E-state index in [0.717, 1.165) is 45.4 Å². The number of hydrogen-bond acceptors (Lipinski definition) is 6. The molecule has 6 nitrogen and oxygen atoms in total. The molecule has 0 fully saturated rings. The summed E-state index contributed by atoms with van der Waals surface area (Å²) in [5.41, 5.74) is 9.64. The van der Waals surface area contributed by atoms with Crippen molar-refractivity contribution in [3.63, 3.8) is 0 Å². The smallest absolute Gasteiger partial charge is 0.135 e. The molecule has 0 radical (unpaired) electrons. The van der Waals surface area contributed by atoms with Gasteiger partial charge in [0.05, 0.1) is 5.56 Å². The maximum absolute atomic E-state index is 12.6. The van der Waals surface area contributed by atoms with Crippen LogP contribution in [0, 0.1) is 0 Å². The summed E-state index contributed by atoms with van der Waals surface area (Å²) in [5.74, 6) is 1.80. The Kier molecular flexibility index (Phi) is 11.0. The zero-order valence-corrected chi connectivity index (χ0v) is 33.1. The second-order valence-corrected chi connectivity index (χ2v) is 16.7. The first-order valence-electron chi connectivity index (χ1n) is 19.2. The molecule has 0 unspecified atom stereocenters. The van der Waals surface area contributed by atoms with Gasteiger partial charge in [-0.3, -0.25) is 0 Å². The van der Waals surface area contributed by atoms with Gasteiger partial charge in [0.2, 0.25) is 0 Å². The number of phenolic OH excluding ortho intramolecular Hbond substituents is 4. The largest absolute Gasteiger partial charge is 0.508 e. The SMILES string of the molecule is CC(C)=CCc1c(CCc2ccc(O)cc2)c([C@H]2CC(C)(C)Oc3c(CC=C(C)C)c(CCc4ccc(O)cc4)cc(O)c32)c(O)c2c1OC(C)(C)C=C2. The maximum atomic E-state index is 12.6.